The molecule has 1 N–H and O–H groups in total. The minimum atomic E-state index is -1.41. The van der Waals surface area contributed by atoms with Crippen LogP contribution in [-0.4, -0.2) is 29.6 Å². The number of amides is 1. The second-order valence-electron chi connectivity index (χ2n) is 11.6. The van der Waals surface area contributed by atoms with E-state index in [1.807, 2.05) is 80.3 Å². The molecule has 0 saturated carbocycles. The van der Waals surface area contributed by atoms with Crippen molar-refractivity contribution >= 4 is 34.4 Å². The summed E-state index contributed by atoms with van der Waals surface area (Å²) in [5, 5.41) is 3.04. The van der Waals surface area contributed by atoms with Crippen LogP contribution < -0.4 is 10.2 Å². The number of para-hydroxylation sites is 1. The SMILES string of the molecule is CC1=C[C@H]2N(c3ccc(C)cc31)[C@@H](C(=O)c1ccc(C)cc1)[C@@H](C(=O)c1ccc(F)cc1)[C@]21C(=O)Nc2ccccc21. The number of benzene rings is 4. The number of hydrogen-bond acceptors (Lipinski definition) is 4. The maximum atomic E-state index is 14.8. The van der Waals surface area contributed by atoms with Crippen LogP contribution in [0.3, 0.4) is 0 Å². The second kappa shape index (κ2) is 9.35. The summed E-state index contributed by atoms with van der Waals surface area (Å²) in [5.41, 5.74) is 5.44. The van der Waals surface area contributed by atoms with Crippen LogP contribution in [-0.2, 0) is 10.2 Å². The summed E-state index contributed by atoms with van der Waals surface area (Å²) in [6, 6.07) is 24.5. The van der Waals surface area contributed by atoms with Gasteiger partial charge in [-0.15, -0.1) is 0 Å². The van der Waals surface area contributed by atoms with Crippen molar-refractivity contribution in [3.05, 3.63) is 136 Å². The van der Waals surface area contributed by atoms with Crippen molar-refractivity contribution in [2.24, 2.45) is 5.92 Å². The van der Waals surface area contributed by atoms with Crippen molar-refractivity contribution in [2.75, 3.05) is 10.2 Å². The van der Waals surface area contributed by atoms with E-state index in [4.69, 9.17) is 0 Å². The highest BCUT2D eigenvalue weighted by Crippen LogP contribution is 2.58. The molecule has 3 aliphatic heterocycles. The highest BCUT2D eigenvalue weighted by atomic mass is 19.1. The number of rotatable bonds is 4. The number of fused-ring (bicyclic) bond motifs is 6. The Bertz CT molecular complexity index is 1830. The fourth-order valence-corrected chi connectivity index (χ4v) is 7.23. The first-order valence-corrected chi connectivity index (χ1v) is 14.1. The number of halogens is 1. The molecule has 0 aliphatic carbocycles. The first kappa shape index (κ1) is 26.1. The number of ketones is 2. The van der Waals surface area contributed by atoms with Crippen LogP contribution in [0.4, 0.5) is 15.8 Å². The van der Waals surface area contributed by atoms with Gasteiger partial charge in [-0.3, -0.25) is 14.4 Å². The molecule has 0 radical (unpaired) electrons. The molecule has 1 spiro atoms. The average Bonchev–Trinajstić information content (AvgIpc) is 3.45. The van der Waals surface area contributed by atoms with E-state index in [2.05, 4.69) is 11.4 Å². The zero-order valence-electron chi connectivity index (χ0n) is 23.5. The molecule has 4 aromatic rings. The molecule has 0 aromatic heterocycles. The third-order valence-electron chi connectivity index (χ3n) is 9.15. The number of aryl methyl sites for hydroxylation is 2. The molecule has 4 atom stereocenters. The molecule has 208 valence electrons. The van der Waals surface area contributed by atoms with E-state index in [9.17, 15) is 18.8 Å². The summed E-state index contributed by atoms with van der Waals surface area (Å²) in [4.78, 5) is 45.9. The first-order chi connectivity index (χ1) is 20.2. The van der Waals surface area contributed by atoms with Gasteiger partial charge < -0.3 is 10.2 Å². The highest BCUT2D eigenvalue weighted by Gasteiger charge is 2.70. The Hall–Kier alpha value is -4.84. The molecule has 7 rings (SSSR count). The topological polar surface area (TPSA) is 66.5 Å². The Labute approximate surface area is 243 Å². The number of carbonyl (C=O) groups excluding carboxylic acids is 3. The number of nitrogens with one attached hydrogen (secondary N) is 1. The minimum Gasteiger partial charge on any atom is -0.352 e. The fourth-order valence-electron chi connectivity index (χ4n) is 7.23. The van der Waals surface area contributed by atoms with E-state index in [1.165, 1.54) is 24.3 Å². The molecule has 4 aromatic carbocycles. The molecule has 1 saturated heterocycles. The minimum absolute atomic E-state index is 0.242. The largest absolute Gasteiger partial charge is 0.352 e. The Morgan fingerprint density at radius 3 is 2.19 bits per heavy atom. The number of anilines is 2. The maximum Gasteiger partial charge on any atom is 0.238 e. The van der Waals surface area contributed by atoms with Gasteiger partial charge in [0.2, 0.25) is 5.91 Å². The van der Waals surface area contributed by atoms with Crippen molar-refractivity contribution in [2.45, 2.75) is 38.3 Å². The molecule has 3 heterocycles. The summed E-state index contributed by atoms with van der Waals surface area (Å²) in [5.74, 6) is -2.50. The molecule has 0 unspecified atom stereocenters. The summed E-state index contributed by atoms with van der Waals surface area (Å²) < 4.78 is 14.0. The van der Waals surface area contributed by atoms with Gasteiger partial charge in [-0.2, -0.15) is 0 Å². The molecule has 0 bridgehead atoms. The first-order valence-electron chi connectivity index (χ1n) is 14.1. The van der Waals surface area contributed by atoms with E-state index in [0.29, 0.717) is 16.8 Å². The number of allylic oxidation sites excluding steroid dienone is 1. The van der Waals surface area contributed by atoms with Crippen LogP contribution in [0.2, 0.25) is 0 Å². The Morgan fingerprint density at radius 2 is 1.45 bits per heavy atom. The van der Waals surface area contributed by atoms with Crippen molar-refractivity contribution in [3.8, 4) is 0 Å². The lowest BCUT2D eigenvalue weighted by Gasteiger charge is -2.39. The van der Waals surface area contributed by atoms with E-state index < -0.39 is 29.2 Å². The summed E-state index contributed by atoms with van der Waals surface area (Å²) in [6.07, 6.45) is 2.04. The Kier molecular flexibility index (Phi) is 5.80. The summed E-state index contributed by atoms with van der Waals surface area (Å²) in [7, 11) is 0. The molecule has 1 amide bonds. The molecule has 1 fully saturated rings. The molecule has 6 heteroatoms. The van der Waals surface area contributed by atoms with Crippen LogP contribution in [0, 0.1) is 25.6 Å². The number of Topliss-reactive ketones (excluding diaryl/α,β-unsaturated/α-hetero) is 2. The van der Waals surface area contributed by atoms with Crippen LogP contribution in [0.25, 0.3) is 5.57 Å². The van der Waals surface area contributed by atoms with Gasteiger partial charge in [-0.05, 0) is 74.4 Å². The van der Waals surface area contributed by atoms with Crippen LogP contribution in [0.5, 0.6) is 0 Å². The Morgan fingerprint density at radius 1 is 0.810 bits per heavy atom. The lowest BCUT2D eigenvalue weighted by molar-refractivity contribution is -0.121. The second-order valence-corrected chi connectivity index (χ2v) is 11.6. The van der Waals surface area contributed by atoms with Crippen LogP contribution >= 0.6 is 0 Å². The lowest BCUT2D eigenvalue weighted by Crippen LogP contribution is -2.51. The monoisotopic (exact) mass is 556 g/mol. The van der Waals surface area contributed by atoms with Crippen molar-refractivity contribution in [3.63, 3.8) is 0 Å². The van der Waals surface area contributed by atoms with Crippen LogP contribution in [0.15, 0.2) is 97.1 Å². The summed E-state index contributed by atoms with van der Waals surface area (Å²) >= 11 is 0. The smallest absolute Gasteiger partial charge is 0.238 e. The van der Waals surface area contributed by atoms with Gasteiger partial charge in [0.15, 0.2) is 11.6 Å². The van der Waals surface area contributed by atoms with Crippen molar-refractivity contribution in [1.29, 1.82) is 0 Å². The normalized spacial score (nSPS) is 23.6. The quantitative estimate of drug-likeness (QED) is 0.285. The molecular formula is C36H29FN2O3. The third kappa shape index (κ3) is 3.57. The van der Waals surface area contributed by atoms with Crippen molar-refractivity contribution < 1.29 is 18.8 Å². The van der Waals surface area contributed by atoms with Crippen molar-refractivity contribution in [1.82, 2.24) is 0 Å². The molecule has 42 heavy (non-hydrogen) atoms. The standard InChI is InChI=1S/C36H29FN2O3/c1-20-8-11-24(12-9-20)34(41)32-31(33(40)23-13-15-25(37)16-14-23)36(27-6-4-5-7-28(27)38-35(36)42)30-19-22(3)26-18-21(2)10-17-29(26)39(30)32/h4-19,30-32H,1-3H3,(H,38,42)/t30-,31+,32-,36-/m1/s1. The van der Waals surface area contributed by atoms with Gasteiger partial charge in [0.25, 0.3) is 0 Å². The van der Waals surface area contributed by atoms with Gasteiger partial charge in [0, 0.05) is 28.1 Å². The molecule has 3 aliphatic rings. The predicted octanol–water partition coefficient (Wildman–Crippen LogP) is 6.69. The van der Waals surface area contributed by atoms with Gasteiger partial charge >= 0.3 is 0 Å². The van der Waals surface area contributed by atoms with Gasteiger partial charge in [-0.1, -0.05) is 65.7 Å². The number of nitrogens with zero attached hydrogens (tertiary/aromatic N) is 1. The van der Waals surface area contributed by atoms with Gasteiger partial charge in [0.1, 0.15) is 17.3 Å². The van der Waals surface area contributed by atoms with E-state index in [0.717, 1.165) is 28.0 Å². The maximum absolute atomic E-state index is 14.8. The van der Waals surface area contributed by atoms with Gasteiger partial charge in [0.05, 0.1) is 12.0 Å². The Balaban J connectivity index is 1.55. The zero-order valence-corrected chi connectivity index (χ0v) is 23.5. The van der Waals surface area contributed by atoms with E-state index in [1.54, 1.807) is 12.1 Å². The van der Waals surface area contributed by atoms with E-state index >= 15 is 0 Å². The fraction of sp³-hybridized carbons (Fsp3) is 0.194. The predicted molar refractivity (Wildman–Crippen MR) is 161 cm³/mol. The lowest BCUT2D eigenvalue weighted by atomic mass is 9.64. The highest BCUT2D eigenvalue weighted by molar-refractivity contribution is 6.18. The van der Waals surface area contributed by atoms with Crippen LogP contribution in [0.1, 0.15) is 49.9 Å². The number of hydrogen-bond donors (Lipinski definition) is 1. The number of carbonyl (C=O) groups is 3. The third-order valence-corrected chi connectivity index (χ3v) is 9.15. The average molecular weight is 557 g/mol. The summed E-state index contributed by atoms with van der Waals surface area (Å²) in [6.45, 7) is 5.97. The molecular weight excluding hydrogens is 527 g/mol. The van der Waals surface area contributed by atoms with Gasteiger partial charge in [-0.25, -0.2) is 4.39 Å². The molecule has 5 nitrogen and oxygen atoms in total. The zero-order chi connectivity index (χ0) is 29.3. The van der Waals surface area contributed by atoms with E-state index in [-0.39, 0.29) is 23.0 Å².